The van der Waals surface area contributed by atoms with Crippen LogP contribution in [0.5, 0.6) is 0 Å². The van der Waals surface area contributed by atoms with E-state index >= 15 is 0 Å². The Bertz CT molecular complexity index is 994. The molecule has 3 saturated carbocycles. The summed E-state index contributed by atoms with van der Waals surface area (Å²) in [6.07, 6.45) is 6.68. The Kier molecular flexibility index (Phi) is 5.95. The first kappa shape index (κ1) is 25.8. The van der Waals surface area contributed by atoms with Gasteiger partial charge in [-0.1, -0.05) is 48.4 Å². The third-order valence-electron chi connectivity index (χ3n) is 9.59. The molecule has 7 heteroatoms. The fourth-order valence-corrected chi connectivity index (χ4v) is 8.69. The van der Waals surface area contributed by atoms with Crippen molar-refractivity contribution in [2.24, 2.45) is 34.0 Å². The van der Waals surface area contributed by atoms with Gasteiger partial charge in [-0.2, -0.15) is 0 Å². The first-order chi connectivity index (χ1) is 15.5. The highest BCUT2D eigenvalue weighted by atomic mass is 79.9. The standard InChI is InChI=1S/C27H37BrO6/c1-15-11-19-18-8-7-16-12-17(29)9-10-24(16,5)26(18,28)20(30)13-25(19,6)27(15,33)21(31)14-34-22(32)23(2,3)4/h9-10,12,15,18-20,30,33H,7-8,11,13-14H2,1-6H3/t15?,18-,19-,20?,24-,25-,26-,27-/m0/s1. The Morgan fingerprint density at radius 2 is 1.88 bits per heavy atom. The lowest BCUT2D eigenvalue weighted by Crippen LogP contribution is -2.68. The van der Waals surface area contributed by atoms with Gasteiger partial charge in [0.05, 0.1) is 15.8 Å². The SMILES string of the molecule is CC1C[C@H]2[C@@H]3CCC4=CC(=O)C=C[C@]4(C)[C@@]3(Br)C(O)C[C@]2(C)[C@@]1(O)C(=O)COC(=O)C(C)(C)C. The number of ketones is 2. The average molecular weight is 537 g/mol. The number of ether oxygens (including phenoxy) is 1. The van der Waals surface area contributed by atoms with Gasteiger partial charge in [0.1, 0.15) is 5.60 Å². The molecule has 8 atom stereocenters. The highest BCUT2D eigenvalue weighted by Gasteiger charge is 2.74. The van der Waals surface area contributed by atoms with Crippen LogP contribution in [0.2, 0.25) is 0 Å². The van der Waals surface area contributed by atoms with Crippen molar-refractivity contribution in [2.75, 3.05) is 6.61 Å². The van der Waals surface area contributed by atoms with E-state index in [1.165, 1.54) is 0 Å². The van der Waals surface area contributed by atoms with Crippen molar-refractivity contribution in [1.29, 1.82) is 0 Å². The second kappa shape index (κ2) is 7.84. The van der Waals surface area contributed by atoms with Gasteiger partial charge >= 0.3 is 5.97 Å². The van der Waals surface area contributed by atoms with Crippen LogP contribution in [0.3, 0.4) is 0 Å². The fraction of sp³-hybridized carbons (Fsp3) is 0.741. The summed E-state index contributed by atoms with van der Waals surface area (Å²) in [5.74, 6) is -1.40. The van der Waals surface area contributed by atoms with Gasteiger partial charge in [-0.15, -0.1) is 0 Å². The molecule has 0 radical (unpaired) electrons. The topological polar surface area (TPSA) is 101 Å². The molecule has 0 aliphatic heterocycles. The summed E-state index contributed by atoms with van der Waals surface area (Å²) in [5.41, 5.74) is -2.85. The Hall–Kier alpha value is -1.31. The summed E-state index contributed by atoms with van der Waals surface area (Å²) in [6.45, 7) is 10.5. The molecule has 0 heterocycles. The predicted molar refractivity (Wildman–Crippen MR) is 131 cm³/mol. The second-order valence-electron chi connectivity index (χ2n) is 12.4. The van der Waals surface area contributed by atoms with Crippen LogP contribution in [0.15, 0.2) is 23.8 Å². The lowest BCUT2D eigenvalue weighted by atomic mass is 9.46. The first-order valence-corrected chi connectivity index (χ1v) is 13.1. The van der Waals surface area contributed by atoms with Crippen LogP contribution < -0.4 is 0 Å². The molecule has 0 spiro atoms. The number of alkyl halides is 1. The maximum Gasteiger partial charge on any atom is 0.311 e. The molecule has 34 heavy (non-hydrogen) atoms. The van der Waals surface area contributed by atoms with Crippen LogP contribution in [-0.4, -0.2) is 50.4 Å². The molecule has 0 saturated heterocycles. The number of rotatable bonds is 3. The Morgan fingerprint density at radius 3 is 2.50 bits per heavy atom. The van der Waals surface area contributed by atoms with Crippen molar-refractivity contribution >= 4 is 33.5 Å². The minimum Gasteiger partial charge on any atom is -0.457 e. The van der Waals surface area contributed by atoms with E-state index in [9.17, 15) is 24.6 Å². The third-order valence-corrected chi connectivity index (χ3v) is 11.5. The number of carbonyl (C=O) groups excluding carboxylic acids is 3. The van der Waals surface area contributed by atoms with Crippen molar-refractivity contribution in [1.82, 2.24) is 0 Å². The van der Waals surface area contributed by atoms with Crippen LogP contribution >= 0.6 is 15.9 Å². The van der Waals surface area contributed by atoms with Crippen LogP contribution in [-0.2, 0) is 19.1 Å². The Morgan fingerprint density at radius 1 is 1.24 bits per heavy atom. The molecule has 0 bridgehead atoms. The Balaban J connectivity index is 1.69. The van der Waals surface area contributed by atoms with E-state index in [-0.39, 0.29) is 30.0 Å². The van der Waals surface area contributed by atoms with E-state index in [0.717, 1.165) is 18.4 Å². The number of carbonyl (C=O) groups is 3. The summed E-state index contributed by atoms with van der Waals surface area (Å²) in [6, 6.07) is 0. The quantitative estimate of drug-likeness (QED) is 0.418. The molecule has 4 aliphatic rings. The van der Waals surface area contributed by atoms with E-state index < -0.39 is 50.6 Å². The first-order valence-electron chi connectivity index (χ1n) is 12.3. The van der Waals surface area contributed by atoms with E-state index in [4.69, 9.17) is 4.74 Å². The maximum absolute atomic E-state index is 13.5. The monoisotopic (exact) mass is 536 g/mol. The van der Waals surface area contributed by atoms with Gasteiger partial charge in [0.15, 0.2) is 12.4 Å². The minimum absolute atomic E-state index is 0.0114. The molecule has 0 aromatic carbocycles. The normalized spacial score (nSPS) is 45.7. The molecule has 2 unspecified atom stereocenters. The number of fused-ring (bicyclic) bond motifs is 5. The minimum atomic E-state index is -1.71. The number of esters is 1. The van der Waals surface area contributed by atoms with Crippen molar-refractivity contribution in [3.05, 3.63) is 23.8 Å². The van der Waals surface area contributed by atoms with Gasteiger partial charge < -0.3 is 14.9 Å². The smallest absolute Gasteiger partial charge is 0.311 e. The molecule has 0 aromatic rings. The van der Waals surface area contributed by atoms with Crippen LogP contribution in [0.25, 0.3) is 0 Å². The number of allylic oxidation sites excluding steroid dienone is 4. The van der Waals surface area contributed by atoms with Gasteiger partial charge in [0.25, 0.3) is 0 Å². The van der Waals surface area contributed by atoms with Gasteiger partial charge in [0, 0.05) is 10.8 Å². The van der Waals surface area contributed by atoms with Crippen LogP contribution in [0.1, 0.15) is 67.2 Å². The molecule has 0 amide bonds. The summed E-state index contributed by atoms with van der Waals surface area (Å²) in [4.78, 5) is 37.8. The summed E-state index contributed by atoms with van der Waals surface area (Å²) < 4.78 is 4.59. The lowest BCUT2D eigenvalue weighted by Gasteiger charge is -2.64. The third kappa shape index (κ3) is 3.22. The zero-order valence-corrected chi connectivity index (χ0v) is 22.6. The molecule has 6 nitrogen and oxygen atoms in total. The number of Topliss-reactive ketones (excluding diaryl/α,β-unsaturated/α-hetero) is 1. The number of aliphatic hydroxyl groups excluding tert-OH is 1. The number of hydrogen-bond donors (Lipinski definition) is 2. The fourth-order valence-electron chi connectivity index (χ4n) is 7.60. The predicted octanol–water partition coefficient (Wildman–Crippen LogP) is 3.92. The van der Waals surface area contributed by atoms with Crippen molar-refractivity contribution in [3.8, 4) is 0 Å². The van der Waals surface area contributed by atoms with Crippen LogP contribution in [0, 0.1) is 34.0 Å². The number of halogens is 1. The molecular weight excluding hydrogens is 500 g/mol. The number of aliphatic hydroxyl groups is 2. The van der Waals surface area contributed by atoms with Crippen molar-refractivity contribution in [2.45, 2.75) is 83.3 Å². The van der Waals surface area contributed by atoms with E-state index in [0.29, 0.717) is 6.42 Å². The van der Waals surface area contributed by atoms with Crippen molar-refractivity contribution in [3.63, 3.8) is 0 Å². The molecule has 4 rings (SSSR count). The largest absolute Gasteiger partial charge is 0.457 e. The molecule has 2 N–H and O–H groups in total. The zero-order valence-electron chi connectivity index (χ0n) is 21.0. The summed E-state index contributed by atoms with van der Waals surface area (Å²) >= 11 is 3.99. The van der Waals surface area contributed by atoms with Gasteiger partial charge in [-0.25, -0.2) is 0 Å². The zero-order chi connectivity index (χ0) is 25.5. The van der Waals surface area contributed by atoms with Gasteiger partial charge in [0.2, 0.25) is 5.78 Å². The maximum atomic E-state index is 13.5. The lowest BCUT2D eigenvalue weighted by molar-refractivity contribution is -0.182. The van der Waals surface area contributed by atoms with Crippen LogP contribution in [0.4, 0.5) is 0 Å². The van der Waals surface area contributed by atoms with E-state index in [1.54, 1.807) is 32.9 Å². The number of hydrogen-bond acceptors (Lipinski definition) is 6. The highest BCUT2D eigenvalue weighted by molar-refractivity contribution is 9.10. The van der Waals surface area contributed by atoms with Crippen molar-refractivity contribution < 1.29 is 29.3 Å². The molecule has 188 valence electrons. The van der Waals surface area contributed by atoms with E-state index in [1.807, 2.05) is 19.9 Å². The summed E-state index contributed by atoms with van der Waals surface area (Å²) in [5, 5.41) is 23.7. The van der Waals surface area contributed by atoms with Gasteiger partial charge in [-0.05, 0) is 76.4 Å². The average Bonchev–Trinajstić information content (AvgIpc) is 2.94. The Labute approximate surface area is 210 Å². The molecule has 3 fully saturated rings. The second-order valence-corrected chi connectivity index (χ2v) is 13.7. The molecular formula is C27H37BrO6. The van der Waals surface area contributed by atoms with E-state index in [2.05, 4.69) is 22.9 Å². The summed E-state index contributed by atoms with van der Waals surface area (Å²) in [7, 11) is 0. The molecule has 4 aliphatic carbocycles. The molecule has 0 aromatic heterocycles. The highest BCUT2D eigenvalue weighted by Crippen LogP contribution is 2.71. The van der Waals surface area contributed by atoms with Gasteiger partial charge in [-0.3, -0.25) is 14.4 Å².